The van der Waals surface area contributed by atoms with Gasteiger partial charge in [0.05, 0.1) is 30.5 Å². The summed E-state index contributed by atoms with van der Waals surface area (Å²) in [5.41, 5.74) is 2.89. The molecule has 0 radical (unpaired) electrons. The Morgan fingerprint density at radius 2 is 0.958 bits per heavy atom. The first-order chi connectivity index (χ1) is 58.2. The lowest BCUT2D eigenvalue weighted by atomic mass is 9.81. The second-order valence-corrected chi connectivity index (χ2v) is 24.4. The molecule has 4 aliphatic rings. The monoisotopic (exact) mass is 1690 g/mol. The number of cyclic esters (lactones) is 1. The number of hydrogen-bond acceptors (Lipinski definition) is 27. The van der Waals surface area contributed by atoms with E-state index in [0.717, 1.165) is 10.5 Å². The average molecular weight is 1690 g/mol. The molecule has 28 heteroatoms. The number of terminal acetylenes is 2. The summed E-state index contributed by atoms with van der Waals surface area (Å²) in [6.45, 7) is 10.5. The molecule has 1 saturated carbocycles. The van der Waals surface area contributed by atoms with E-state index in [0.29, 0.717) is 50.5 Å². The van der Waals surface area contributed by atoms with Crippen molar-refractivity contribution >= 4 is 29.2 Å². The van der Waals surface area contributed by atoms with Gasteiger partial charge < -0.3 is 43.9 Å². The fourth-order valence-corrected chi connectivity index (χ4v) is 11.1. The maximum absolute atomic E-state index is 14.4. The van der Waals surface area contributed by atoms with E-state index in [2.05, 4.69) is 316 Å². The molecule has 120 heavy (non-hydrogen) atoms. The van der Waals surface area contributed by atoms with Crippen LogP contribution in [0.25, 0.3) is 0 Å². The standard InChI is InChI=1S/C46H71NO13.C46H2.H3NO13.34H2/c1-26-19-27(2)21-39(57-8)42-40(58-9)23-29(4)46(55,60-42)43(52)44(53)47-18-11-10-15-34(47)45(54)59-41(28(3)22-32-16-17-35(49)38(24-32)56-7)31(6)36(50)25-37(51)33(20-26)14-12-13-30(5)48;1-3-5-7-9-11-13-15-17-19-21-23-25-27-29-31-33-35-37-39-41-43-45-46-44-42-40-38-36-34-32-30-28-26-24-22-20-18-16-14-12-10-8-6-4-2;2-6-10-12-8-4-1-5-9-13-14-11-7-3;;;;;;;;;;;;;;;;;;;;;;;;;;;;;;;;;;/h12-13,20,22,27,29,31-36,38-42,49-50,55H,10-11,14-19,21,23-25H2,1-9H3;1-2H;1-3H;34*1H/b13-12+,26-20+,28-22+;;;;;;;;;;;;;;;;;;;;;;;;;;;;;;;;;;;;/t27-,29+,31+,32-,33+,34-,35+,36-,38+,39-,40-,41+,42+,46+;;;;;;;;;;;;;;;;;;;;;;;;;;;;;;;;;;;;/m0..................................../s1. The topological polar surface area (TPSA) is 349 Å². The molecule has 2 saturated heterocycles. The van der Waals surface area contributed by atoms with Crippen LogP contribution in [0.1, 0.15) is 161 Å². The second kappa shape index (κ2) is 65.4. The minimum Gasteiger partial charge on any atom is -0.456 e. The van der Waals surface area contributed by atoms with Gasteiger partial charge in [0.1, 0.15) is 24.0 Å². The highest BCUT2D eigenvalue weighted by Crippen LogP contribution is 2.39. The van der Waals surface area contributed by atoms with Gasteiger partial charge in [0.2, 0.25) is 5.79 Å². The number of amides is 1. The molecule has 0 unspecified atom stereocenters. The van der Waals surface area contributed by atoms with E-state index in [1.165, 1.54) is 32.9 Å². The molecule has 2 bridgehead atoms. The number of piperidine rings is 1. The highest BCUT2D eigenvalue weighted by atomic mass is 17.9. The first kappa shape index (κ1) is 102. The van der Waals surface area contributed by atoms with Crippen LogP contribution in [0.4, 0.5) is 0 Å². The minimum absolute atomic E-state index is 0. The van der Waals surface area contributed by atoms with Crippen molar-refractivity contribution in [3.05, 3.63) is 35.5 Å². The lowest BCUT2D eigenvalue weighted by Gasteiger charge is -2.47. The van der Waals surface area contributed by atoms with Crippen LogP contribution in [-0.4, -0.2) is 142 Å². The second-order valence-electron chi connectivity index (χ2n) is 24.4. The lowest BCUT2D eigenvalue weighted by molar-refractivity contribution is -0.808. The number of ether oxygens (including phenoxy) is 5. The van der Waals surface area contributed by atoms with E-state index in [1.807, 2.05) is 26.0 Å². The fourth-order valence-electron chi connectivity index (χ4n) is 11.1. The van der Waals surface area contributed by atoms with Crippen molar-refractivity contribution in [2.45, 2.75) is 167 Å². The highest BCUT2D eigenvalue weighted by molar-refractivity contribution is 6.39. The van der Waals surface area contributed by atoms with Crippen molar-refractivity contribution in [3.63, 3.8) is 0 Å². The van der Waals surface area contributed by atoms with E-state index in [9.17, 15) is 39.3 Å². The summed E-state index contributed by atoms with van der Waals surface area (Å²) in [5, 5.41) is 78.6. The van der Waals surface area contributed by atoms with Gasteiger partial charge in [-0.3, -0.25) is 19.2 Å². The lowest BCUT2D eigenvalue weighted by Crippen LogP contribution is -2.64. The number of allylic oxidation sites excluding steroid dienone is 5. The maximum atomic E-state index is 14.4. The summed E-state index contributed by atoms with van der Waals surface area (Å²) < 4.78 is 29.8. The van der Waals surface area contributed by atoms with E-state index >= 15 is 0 Å². The summed E-state index contributed by atoms with van der Waals surface area (Å²) in [5.74, 6) is 99.8. The van der Waals surface area contributed by atoms with Crippen LogP contribution in [0.15, 0.2) is 35.5 Å². The third-order valence-corrected chi connectivity index (χ3v) is 16.2. The molecule has 28 nitrogen and oxygen atoms in total. The quantitative estimate of drug-likeness (QED) is 0.0102. The van der Waals surface area contributed by atoms with Crippen LogP contribution >= 0.6 is 0 Å². The molecular formula is C92H144N2O26. The Kier molecular flexibility index (Phi) is 55.7. The summed E-state index contributed by atoms with van der Waals surface area (Å²) in [4.78, 5) is 77.3. The Balaban J connectivity index is -0.0000000460. The molecule has 3 aliphatic heterocycles. The van der Waals surface area contributed by atoms with Gasteiger partial charge in [-0.25, -0.2) is 15.3 Å². The van der Waals surface area contributed by atoms with Crippen LogP contribution < -0.4 is 5.64 Å². The number of carbonyl (C=O) groups excluding carboxylic acids is 5. The van der Waals surface area contributed by atoms with Gasteiger partial charge >= 0.3 is 5.97 Å². The molecule has 0 aromatic heterocycles. The SMILES string of the molecule is C#CC#CC#CC#CC#CC#CC#CC#CC#CC#CC#CC#CC#CC#CC#CC#CC#CC#CC#CC#CC#CC#CC#C.CO[C@H]1C[C@@H](C)C/C(C)=C/[C@@H](C/C=C/C(C)=O)C(=O)C[C@H](O)[C@@H](C)[C@@H](/C(C)=C/[C@@H]2CC[C@@H](O)[C@H](OC)C2)OC(=O)[C@@H]2CCCCN2C(=O)C(=O)[C@]2(O)O[C@H]1[C@@H](OC)C[C@H]2C.OOOOOONOOOOOOO.[HH].[HH].[HH].[HH].[HH].[HH].[HH].[HH].[HH].[HH].[HH].[HH].[HH].[HH].[HH].[HH].[HH].[HH].[HH].[HH].[HH].[HH].[HH].[HH].[HH].[HH].[HH].[HH].[HH].[HH].[HH].[HH].[HH].[HH]. The van der Waals surface area contributed by atoms with Crippen molar-refractivity contribution in [2.75, 3.05) is 27.9 Å². The summed E-state index contributed by atoms with van der Waals surface area (Å²) in [7, 11) is 4.57. The van der Waals surface area contributed by atoms with Gasteiger partial charge in [0.15, 0.2) is 5.78 Å². The predicted molar refractivity (Wildman–Crippen MR) is 495 cm³/mol. The Hall–Kier alpha value is -13.8. The van der Waals surface area contributed by atoms with Crippen molar-refractivity contribution in [1.82, 2.24) is 10.5 Å². The van der Waals surface area contributed by atoms with Crippen LogP contribution in [0.5, 0.6) is 0 Å². The molecule has 3 fully saturated rings. The van der Waals surface area contributed by atoms with E-state index in [1.54, 1.807) is 34.0 Å². The molecule has 678 valence electrons. The first-order valence-electron chi connectivity index (χ1n) is 35.4. The molecule has 14 atom stereocenters. The first-order valence-corrected chi connectivity index (χ1v) is 35.4. The Morgan fingerprint density at radius 3 is 1.37 bits per heavy atom. The molecule has 0 aromatic carbocycles. The van der Waals surface area contributed by atoms with Gasteiger partial charge in [-0.05, 0) is 254 Å². The maximum Gasteiger partial charge on any atom is 0.329 e. The molecule has 3 heterocycles. The number of nitrogens with one attached hydrogen (secondary N) is 1. The number of nitrogens with zero attached hydrogens (tertiary/aromatic N) is 1. The van der Waals surface area contributed by atoms with Gasteiger partial charge in [0.25, 0.3) is 11.7 Å². The van der Waals surface area contributed by atoms with Crippen LogP contribution in [0.2, 0.25) is 0 Å². The number of ketones is 3. The number of carbonyl (C=O) groups is 5. The fraction of sp³-hybridized carbons (Fsp3) is 0.380. The van der Waals surface area contributed by atoms with Crippen LogP contribution in [-0.2, 0) is 103 Å². The van der Waals surface area contributed by atoms with Crippen LogP contribution in [0, 0.1) is 303 Å². The van der Waals surface area contributed by atoms with Crippen molar-refractivity contribution in [3.8, 4) is 273 Å². The third kappa shape index (κ3) is 44.9. The Morgan fingerprint density at radius 1 is 0.550 bits per heavy atom. The molecule has 4 rings (SSSR count). The minimum atomic E-state index is -2.54. The Bertz CT molecular complexity index is 5160. The summed E-state index contributed by atoms with van der Waals surface area (Å²) in [6.07, 6.45) is 15.4. The summed E-state index contributed by atoms with van der Waals surface area (Å²) in [6, 6.07) is -1.17. The van der Waals surface area contributed by atoms with Crippen molar-refractivity contribution < 1.29 is 177 Å². The van der Waals surface area contributed by atoms with Crippen molar-refractivity contribution in [2.24, 2.45) is 29.6 Å². The zero-order valence-electron chi connectivity index (χ0n) is 66.2. The molecule has 0 spiro atoms. The third-order valence-electron chi connectivity index (χ3n) is 16.2. The number of Topliss-reactive ketones (excluding diaryl/α,β-unsaturated/α-hetero) is 2. The predicted octanol–water partition coefficient (Wildman–Crippen LogP) is 12.1. The Labute approximate surface area is 748 Å². The number of methoxy groups -OCH3 is 3. The normalized spacial score (nSPS) is 22.6. The van der Waals surface area contributed by atoms with Crippen LogP contribution in [0.3, 0.4) is 0 Å². The zero-order valence-corrected chi connectivity index (χ0v) is 66.2. The van der Waals surface area contributed by atoms with E-state index < -0.39 is 83.9 Å². The van der Waals surface area contributed by atoms with Crippen molar-refractivity contribution in [1.29, 1.82) is 0 Å². The zero-order chi connectivity index (χ0) is 88.1. The van der Waals surface area contributed by atoms with E-state index in [4.69, 9.17) is 47.0 Å². The molecule has 0 aromatic rings. The number of esters is 1. The largest absolute Gasteiger partial charge is 0.456 e. The molecule has 1 aliphatic carbocycles. The number of hydrogen-bond donors (Lipinski definition) is 6. The number of rotatable bonds is 19. The number of aliphatic hydroxyl groups is 3. The van der Waals surface area contributed by atoms with Gasteiger partial charge in [-0.2, -0.15) is 0 Å². The number of aliphatic hydroxyl groups excluding tert-OH is 2. The van der Waals surface area contributed by atoms with Gasteiger partial charge in [0, 0.05) is 266 Å². The average Bonchev–Trinajstić information content (AvgIpc) is 0.776. The number of fused-ring (bicyclic) bond motifs is 3. The van der Waals surface area contributed by atoms with Gasteiger partial charge in [-0.15, -0.1) is 12.8 Å². The van der Waals surface area contributed by atoms with Gasteiger partial charge in [-0.1, -0.05) is 54.5 Å². The molecule has 1 amide bonds. The van der Waals surface area contributed by atoms with E-state index in [-0.39, 0.29) is 110 Å². The smallest absolute Gasteiger partial charge is 0.329 e. The highest BCUT2D eigenvalue weighted by Gasteiger charge is 2.57. The summed E-state index contributed by atoms with van der Waals surface area (Å²) >= 11 is 0. The molecular weight excluding hydrogens is 1550 g/mol. The molecule has 6 N–H and O–H groups in total.